The molecular formula is C17H22N4OS. The number of nitrogens with zero attached hydrogens (tertiary/aromatic N) is 4. The van der Waals surface area contributed by atoms with Crippen LogP contribution in [-0.2, 0) is 4.79 Å². The van der Waals surface area contributed by atoms with E-state index in [4.69, 9.17) is 4.98 Å². The third kappa shape index (κ3) is 3.27. The fourth-order valence-electron chi connectivity index (χ4n) is 2.89. The zero-order valence-electron chi connectivity index (χ0n) is 14.0. The third-order valence-electron chi connectivity index (χ3n) is 4.02. The third-order valence-corrected chi connectivity index (χ3v) is 4.96. The van der Waals surface area contributed by atoms with Crippen molar-refractivity contribution in [2.75, 3.05) is 6.54 Å². The zero-order valence-corrected chi connectivity index (χ0v) is 14.9. The first-order chi connectivity index (χ1) is 10.9. The van der Waals surface area contributed by atoms with Gasteiger partial charge >= 0.3 is 0 Å². The lowest BCUT2D eigenvalue weighted by atomic mass is 9.94. The Bertz CT molecular complexity index is 719. The summed E-state index contributed by atoms with van der Waals surface area (Å²) in [5, 5.41) is 1.01. The molecule has 3 heterocycles. The van der Waals surface area contributed by atoms with E-state index in [0.717, 1.165) is 40.7 Å². The van der Waals surface area contributed by atoms with Crippen LogP contribution in [0.5, 0.6) is 0 Å². The molecule has 1 aliphatic heterocycles. The van der Waals surface area contributed by atoms with Gasteiger partial charge in [0.2, 0.25) is 5.91 Å². The second kappa shape index (κ2) is 6.00. The van der Waals surface area contributed by atoms with Crippen LogP contribution in [0.3, 0.4) is 0 Å². The van der Waals surface area contributed by atoms with Gasteiger partial charge in [0.25, 0.3) is 0 Å². The molecule has 5 nitrogen and oxygen atoms in total. The molecule has 1 atom stereocenters. The fraction of sp³-hybridized carbons (Fsp3) is 0.529. The summed E-state index contributed by atoms with van der Waals surface area (Å²) in [5.74, 6) is 0.181. The molecule has 0 aliphatic carbocycles. The van der Waals surface area contributed by atoms with E-state index in [1.807, 2.05) is 38.8 Å². The number of aryl methyl sites for hydroxylation is 1. The molecule has 0 aromatic carbocycles. The number of carbonyl (C=O) groups is 1. The second-order valence-electron chi connectivity index (χ2n) is 6.98. The van der Waals surface area contributed by atoms with Crippen molar-refractivity contribution in [1.29, 1.82) is 0 Å². The quantitative estimate of drug-likeness (QED) is 0.844. The number of rotatable bonds is 2. The van der Waals surface area contributed by atoms with Crippen LogP contribution in [0.1, 0.15) is 50.4 Å². The van der Waals surface area contributed by atoms with E-state index >= 15 is 0 Å². The van der Waals surface area contributed by atoms with E-state index in [0.29, 0.717) is 0 Å². The molecule has 0 radical (unpaired) electrons. The molecular weight excluding hydrogens is 308 g/mol. The van der Waals surface area contributed by atoms with Crippen molar-refractivity contribution in [1.82, 2.24) is 19.9 Å². The Balaban J connectivity index is 1.90. The number of amides is 1. The van der Waals surface area contributed by atoms with Gasteiger partial charge in [0.1, 0.15) is 5.69 Å². The van der Waals surface area contributed by atoms with Crippen LogP contribution < -0.4 is 0 Å². The minimum absolute atomic E-state index is 0.0307. The molecule has 3 rings (SSSR count). The minimum atomic E-state index is -0.373. The van der Waals surface area contributed by atoms with Gasteiger partial charge in [-0.3, -0.25) is 9.78 Å². The summed E-state index contributed by atoms with van der Waals surface area (Å²) in [6, 6.07) is 0.0307. The van der Waals surface area contributed by atoms with Crippen LogP contribution in [0, 0.1) is 12.3 Å². The molecule has 0 saturated carbocycles. The van der Waals surface area contributed by atoms with Crippen molar-refractivity contribution in [3.05, 3.63) is 29.3 Å². The van der Waals surface area contributed by atoms with Gasteiger partial charge in [-0.05, 0) is 19.8 Å². The molecule has 0 bridgehead atoms. The summed E-state index contributed by atoms with van der Waals surface area (Å²) in [5.41, 5.74) is 1.34. The molecule has 1 saturated heterocycles. The van der Waals surface area contributed by atoms with E-state index in [-0.39, 0.29) is 17.4 Å². The predicted molar refractivity (Wildman–Crippen MR) is 91.0 cm³/mol. The average molecular weight is 330 g/mol. The van der Waals surface area contributed by atoms with Crippen molar-refractivity contribution in [3.63, 3.8) is 0 Å². The summed E-state index contributed by atoms with van der Waals surface area (Å²) >= 11 is 1.61. The first kappa shape index (κ1) is 16.1. The molecule has 1 amide bonds. The number of hydrogen-bond acceptors (Lipinski definition) is 5. The molecule has 6 heteroatoms. The van der Waals surface area contributed by atoms with Crippen LogP contribution in [0.15, 0.2) is 18.6 Å². The summed E-state index contributed by atoms with van der Waals surface area (Å²) in [7, 11) is 0. The number of hydrogen-bond donors (Lipinski definition) is 0. The first-order valence-electron chi connectivity index (χ1n) is 7.92. The Morgan fingerprint density at radius 1 is 1.30 bits per heavy atom. The van der Waals surface area contributed by atoms with Gasteiger partial charge in [0, 0.05) is 18.2 Å². The molecule has 1 fully saturated rings. The highest BCUT2D eigenvalue weighted by Gasteiger charge is 2.36. The molecule has 2 aromatic heterocycles. The Morgan fingerprint density at radius 3 is 2.74 bits per heavy atom. The Labute approximate surface area is 140 Å². The summed E-state index contributed by atoms with van der Waals surface area (Å²) in [6.45, 7) is 8.67. The lowest BCUT2D eigenvalue weighted by Crippen LogP contribution is -2.39. The normalized spacial score (nSPS) is 18.4. The number of aromatic nitrogens is 3. The number of likely N-dealkylation sites (tertiary alicyclic amines) is 1. The summed E-state index contributed by atoms with van der Waals surface area (Å²) in [4.78, 5) is 29.1. The van der Waals surface area contributed by atoms with Crippen LogP contribution in [-0.4, -0.2) is 32.3 Å². The van der Waals surface area contributed by atoms with Crippen molar-refractivity contribution in [2.24, 2.45) is 5.41 Å². The second-order valence-corrected chi connectivity index (χ2v) is 8.21. The van der Waals surface area contributed by atoms with Crippen molar-refractivity contribution < 1.29 is 4.79 Å². The van der Waals surface area contributed by atoms with Gasteiger partial charge in [-0.15, -0.1) is 11.3 Å². The smallest absolute Gasteiger partial charge is 0.228 e. The highest BCUT2D eigenvalue weighted by molar-refractivity contribution is 7.15. The minimum Gasteiger partial charge on any atom is -0.334 e. The Kier molecular flexibility index (Phi) is 4.19. The fourth-order valence-corrected chi connectivity index (χ4v) is 3.62. The highest BCUT2D eigenvalue weighted by Crippen LogP contribution is 2.35. The standard InChI is InChI=1S/C17H22N4OS/c1-11-19-10-15(23-11)13-9-18-8-12(20-13)14-6-5-7-21(14)16(22)17(2,3)4/h8-10,14H,5-7H2,1-4H3/t14-/m0/s1. The van der Waals surface area contributed by atoms with Crippen LogP contribution in [0.4, 0.5) is 0 Å². The lowest BCUT2D eigenvalue weighted by molar-refractivity contribution is -0.140. The topological polar surface area (TPSA) is 59.0 Å². The number of carbonyl (C=O) groups excluding carboxylic acids is 1. The molecule has 0 spiro atoms. The van der Waals surface area contributed by atoms with E-state index in [1.54, 1.807) is 23.7 Å². The van der Waals surface area contributed by atoms with E-state index < -0.39 is 0 Å². The predicted octanol–water partition coefficient (Wildman–Crippen LogP) is 3.62. The maximum absolute atomic E-state index is 12.7. The van der Waals surface area contributed by atoms with Crippen LogP contribution >= 0.6 is 11.3 Å². The highest BCUT2D eigenvalue weighted by atomic mass is 32.1. The van der Waals surface area contributed by atoms with Gasteiger partial charge in [0.15, 0.2) is 0 Å². The van der Waals surface area contributed by atoms with Gasteiger partial charge in [-0.2, -0.15) is 0 Å². The molecule has 122 valence electrons. The largest absolute Gasteiger partial charge is 0.334 e. The van der Waals surface area contributed by atoms with Crippen LogP contribution in [0.2, 0.25) is 0 Å². The van der Waals surface area contributed by atoms with Crippen LogP contribution in [0.25, 0.3) is 10.6 Å². The molecule has 23 heavy (non-hydrogen) atoms. The molecule has 0 unspecified atom stereocenters. The van der Waals surface area contributed by atoms with E-state index in [2.05, 4.69) is 9.97 Å². The van der Waals surface area contributed by atoms with Gasteiger partial charge in [-0.1, -0.05) is 20.8 Å². The summed E-state index contributed by atoms with van der Waals surface area (Å²) in [6.07, 6.45) is 7.35. The molecule has 2 aromatic rings. The Hall–Kier alpha value is -1.82. The monoisotopic (exact) mass is 330 g/mol. The zero-order chi connectivity index (χ0) is 16.6. The van der Waals surface area contributed by atoms with E-state index in [9.17, 15) is 4.79 Å². The maximum atomic E-state index is 12.7. The lowest BCUT2D eigenvalue weighted by Gasteiger charge is -2.30. The van der Waals surface area contributed by atoms with Crippen molar-refractivity contribution in [2.45, 2.75) is 46.6 Å². The van der Waals surface area contributed by atoms with Gasteiger partial charge in [-0.25, -0.2) is 9.97 Å². The average Bonchev–Trinajstić information content (AvgIpc) is 3.14. The SMILES string of the molecule is Cc1ncc(-c2cncc([C@@H]3CCCN3C(=O)C(C)(C)C)n2)s1. The molecule has 0 N–H and O–H groups in total. The maximum Gasteiger partial charge on any atom is 0.228 e. The van der Waals surface area contributed by atoms with Crippen molar-refractivity contribution >= 4 is 17.2 Å². The summed E-state index contributed by atoms with van der Waals surface area (Å²) < 4.78 is 0. The molecule has 1 aliphatic rings. The van der Waals surface area contributed by atoms with Gasteiger partial charge < -0.3 is 4.90 Å². The van der Waals surface area contributed by atoms with Crippen molar-refractivity contribution in [3.8, 4) is 10.6 Å². The van der Waals surface area contributed by atoms with Gasteiger partial charge in [0.05, 0.1) is 34.0 Å². The Morgan fingerprint density at radius 2 is 2.09 bits per heavy atom. The number of thiazole rings is 1. The van der Waals surface area contributed by atoms with E-state index in [1.165, 1.54) is 0 Å². The first-order valence-corrected chi connectivity index (χ1v) is 8.74.